The van der Waals surface area contributed by atoms with E-state index >= 15 is 0 Å². The van der Waals surface area contributed by atoms with Gasteiger partial charge in [-0.1, -0.05) is 35.9 Å². The fourth-order valence-corrected chi connectivity index (χ4v) is 3.47. The normalized spacial score (nSPS) is 10.9. The molecule has 0 unspecified atom stereocenters. The number of carbonyl (C=O) groups is 1. The van der Waals surface area contributed by atoms with E-state index in [-0.39, 0.29) is 18.0 Å². The van der Waals surface area contributed by atoms with Gasteiger partial charge in [0.05, 0.1) is 19.0 Å². The molecule has 8 nitrogen and oxygen atoms in total. The minimum Gasteiger partial charge on any atom is -0.496 e. The number of amides is 1. The first-order valence-corrected chi connectivity index (χ1v) is 9.94. The Hall–Kier alpha value is -3.65. The van der Waals surface area contributed by atoms with Crippen molar-refractivity contribution in [1.82, 2.24) is 24.6 Å². The van der Waals surface area contributed by atoms with Gasteiger partial charge in [0.2, 0.25) is 5.91 Å². The summed E-state index contributed by atoms with van der Waals surface area (Å²) in [5, 5.41) is 7.99. The first-order chi connectivity index (χ1) is 15.0. The highest BCUT2D eigenvalue weighted by Crippen LogP contribution is 2.21. The van der Waals surface area contributed by atoms with E-state index in [9.17, 15) is 9.59 Å². The van der Waals surface area contributed by atoms with Crippen molar-refractivity contribution in [3.8, 4) is 11.4 Å². The fraction of sp³-hybridized carbons (Fsp3) is 0.182. The summed E-state index contributed by atoms with van der Waals surface area (Å²) in [7, 11) is 1.58. The molecular weight excluding hydrogens is 418 g/mol. The maximum absolute atomic E-state index is 12.9. The standard InChI is InChI=1S/C22H20ClN5O3/c1-14-7-8-16(23)9-18(14)28-21-17(11-26-28)22(30)27(13-25-21)12-20(29)24-10-15-5-3-4-6-19(15)31-2/h3-9,11,13H,10,12H2,1-2H3,(H,24,29). The van der Waals surface area contributed by atoms with Crippen LogP contribution < -0.4 is 15.6 Å². The zero-order valence-electron chi connectivity index (χ0n) is 17.0. The van der Waals surface area contributed by atoms with Crippen molar-refractivity contribution in [1.29, 1.82) is 0 Å². The van der Waals surface area contributed by atoms with Gasteiger partial charge in [-0.3, -0.25) is 14.2 Å². The highest BCUT2D eigenvalue weighted by molar-refractivity contribution is 6.30. The van der Waals surface area contributed by atoms with Gasteiger partial charge in [-0.25, -0.2) is 9.67 Å². The van der Waals surface area contributed by atoms with E-state index in [1.54, 1.807) is 23.9 Å². The molecule has 4 rings (SSSR count). The first-order valence-electron chi connectivity index (χ1n) is 9.56. The van der Waals surface area contributed by atoms with Crippen LogP contribution in [0.25, 0.3) is 16.7 Å². The molecule has 0 saturated carbocycles. The molecule has 2 heterocycles. The molecule has 0 saturated heterocycles. The zero-order valence-corrected chi connectivity index (χ0v) is 17.8. The molecule has 0 aliphatic rings. The Morgan fingerprint density at radius 2 is 2.03 bits per heavy atom. The van der Waals surface area contributed by atoms with Crippen LogP contribution in [0, 0.1) is 6.92 Å². The summed E-state index contributed by atoms with van der Waals surface area (Å²) in [6.07, 6.45) is 2.81. The van der Waals surface area contributed by atoms with E-state index in [4.69, 9.17) is 16.3 Å². The van der Waals surface area contributed by atoms with Crippen molar-refractivity contribution in [2.24, 2.45) is 0 Å². The van der Waals surface area contributed by atoms with Crippen molar-refractivity contribution in [3.05, 3.63) is 81.5 Å². The van der Waals surface area contributed by atoms with Gasteiger partial charge in [-0.2, -0.15) is 5.10 Å². The van der Waals surface area contributed by atoms with Crippen LogP contribution in [0.2, 0.25) is 5.02 Å². The monoisotopic (exact) mass is 437 g/mol. The van der Waals surface area contributed by atoms with Crippen LogP contribution >= 0.6 is 11.6 Å². The quantitative estimate of drug-likeness (QED) is 0.501. The molecule has 2 aromatic carbocycles. The number of methoxy groups -OCH3 is 1. The van der Waals surface area contributed by atoms with E-state index in [1.807, 2.05) is 37.3 Å². The number of para-hydroxylation sites is 1. The average Bonchev–Trinajstić information content (AvgIpc) is 3.20. The molecular formula is C22H20ClN5O3. The third-order valence-electron chi connectivity index (χ3n) is 4.94. The molecule has 0 atom stereocenters. The second-order valence-corrected chi connectivity index (χ2v) is 7.43. The number of rotatable bonds is 6. The Balaban J connectivity index is 1.55. The maximum atomic E-state index is 12.9. The van der Waals surface area contributed by atoms with Crippen LogP contribution in [0.3, 0.4) is 0 Å². The van der Waals surface area contributed by atoms with Crippen LogP contribution in [0.4, 0.5) is 0 Å². The summed E-state index contributed by atoms with van der Waals surface area (Å²) in [5.41, 5.74) is 2.58. The van der Waals surface area contributed by atoms with Crippen molar-refractivity contribution in [2.75, 3.05) is 7.11 Å². The van der Waals surface area contributed by atoms with E-state index in [1.165, 1.54) is 17.1 Å². The second kappa shape index (κ2) is 8.61. The van der Waals surface area contributed by atoms with E-state index in [0.29, 0.717) is 28.4 Å². The van der Waals surface area contributed by atoms with Gasteiger partial charge in [-0.05, 0) is 30.7 Å². The molecule has 1 amide bonds. The van der Waals surface area contributed by atoms with Crippen molar-refractivity contribution in [3.63, 3.8) is 0 Å². The van der Waals surface area contributed by atoms with Crippen LogP contribution in [0.1, 0.15) is 11.1 Å². The third-order valence-corrected chi connectivity index (χ3v) is 5.17. The average molecular weight is 438 g/mol. The van der Waals surface area contributed by atoms with Gasteiger partial charge < -0.3 is 10.1 Å². The van der Waals surface area contributed by atoms with Gasteiger partial charge >= 0.3 is 0 Å². The molecule has 0 bridgehead atoms. The molecule has 31 heavy (non-hydrogen) atoms. The Morgan fingerprint density at radius 3 is 2.84 bits per heavy atom. The van der Waals surface area contributed by atoms with Gasteiger partial charge in [0.15, 0.2) is 5.65 Å². The molecule has 0 spiro atoms. The lowest BCUT2D eigenvalue weighted by atomic mass is 10.2. The largest absolute Gasteiger partial charge is 0.496 e. The Morgan fingerprint density at radius 1 is 1.23 bits per heavy atom. The molecule has 9 heteroatoms. The smallest absolute Gasteiger partial charge is 0.264 e. The van der Waals surface area contributed by atoms with Crippen LogP contribution in [-0.4, -0.2) is 32.3 Å². The number of halogens is 1. The lowest BCUT2D eigenvalue weighted by Gasteiger charge is -2.10. The van der Waals surface area contributed by atoms with E-state index in [2.05, 4.69) is 15.4 Å². The van der Waals surface area contributed by atoms with Crippen LogP contribution in [0.5, 0.6) is 5.75 Å². The molecule has 2 aromatic heterocycles. The summed E-state index contributed by atoms with van der Waals surface area (Å²) >= 11 is 6.11. The molecule has 0 aliphatic carbocycles. The predicted octanol–water partition coefficient (Wildman–Crippen LogP) is 2.87. The summed E-state index contributed by atoms with van der Waals surface area (Å²) in [5.74, 6) is 0.374. The topological polar surface area (TPSA) is 91.0 Å². The maximum Gasteiger partial charge on any atom is 0.264 e. The number of carbonyl (C=O) groups excluding carboxylic acids is 1. The number of hydrogen-bond acceptors (Lipinski definition) is 5. The van der Waals surface area contributed by atoms with Crippen LogP contribution in [-0.2, 0) is 17.9 Å². The van der Waals surface area contributed by atoms with Crippen molar-refractivity contribution < 1.29 is 9.53 Å². The number of aromatic nitrogens is 4. The first kappa shape index (κ1) is 20.6. The zero-order chi connectivity index (χ0) is 22.0. The van der Waals surface area contributed by atoms with Gasteiger partial charge in [-0.15, -0.1) is 0 Å². The summed E-state index contributed by atoms with van der Waals surface area (Å²) in [6.45, 7) is 2.06. The number of benzene rings is 2. The summed E-state index contributed by atoms with van der Waals surface area (Å²) in [4.78, 5) is 29.7. The number of nitrogens with zero attached hydrogens (tertiary/aromatic N) is 4. The number of fused-ring (bicyclic) bond motifs is 1. The molecule has 0 aliphatic heterocycles. The summed E-state index contributed by atoms with van der Waals surface area (Å²) in [6, 6.07) is 12.8. The van der Waals surface area contributed by atoms with Crippen molar-refractivity contribution in [2.45, 2.75) is 20.0 Å². The predicted molar refractivity (Wildman–Crippen MR) is 118 cm³/mol. The fourth-order valence-electron chi connectivity index (χ4n) is 3.30. The van der Waals surface area contributed by atoms with E-state index < -0.39 is 0 Å². The minimum absolute atomic E-state index is 0.154. The number of aryl methyl sites for hydroxylation is 1. The van der Waals surface area contributed by atoms with Crippen molar-refractivity contribution >= 4 is 28.5 Å². The van der Waals surface area contributed by atoms with Crippen LogP contribution in [0.15, 0.2) is 59.8 Å². The highest BCUT2D eigenvalue weighted by Gasteiger charge is 2.15. The summed E-state index contributed by atoms with van der Waals surface area (Å²) < 4.78 is 8.12. The number of nitrogens with one attached hydrogen (secondary N) is 1. The third kappa shape index (κ3) is 4.15. The Labute approximate surface area is 183 Å². The SMILES string of the molecule is COc1ccccc1CNC(=O)Cn1cnc2c(cnn2-c2cc(Cl)ccc2C)c1=O. The second-order valence-electron chi connectivity index (χ2n) is 6.99. The highest BCUT2D eigenvalue weighted by atomic mass is 35.5. The lowest BCUT2D eigenvalue weighted by Crippen LogP contribution is -2.32. The van der Waals surface area contributed by atoms with Gasteiger partial charge in [0.1, 0.15) is 24.0 Å². The molecule has 1 N–H and O–H groups in total. The molecule has 0 fully saturated rings. The Bertz CT molecular complexity index is 1330. The number of hydrogen-bond donors (Lipinski definition) is 1. The van der Waals surface area contributed by atoms with E-state index in [0.717, 1.165) is 16.8 Å². The van der Waals surface area contributed by atoms with Gasteiger partial charge in [0.25, 0.3) is 5.56 Å². The van der Waals surface area contributed by atoms with Gasteiger partial charge in [0, 0.05) is 17.1 Å². The Kier molecular flexibility index (Phi) is 5.73. The number of ether oxygens (including phenoxy) is 1. The minimum atomic E-state index is -0.344. The molecule has 4 aromatic rings. The molecule has 158 valence electrons. The molecule has 0 radical (unpaired) electrons. The lowest BCUT2D eigenvalue weighted by molar-refractivity contribution is -0.121.